The van der Waals surface area contributed by atoms with Crippen LogP contribution >= 0.6 is 11.3 Å². The van der Waals surface area contributed by atoms with Gasteiger partial charge in [-0.05, 0) is 26.8 Å². The molecule has 2 N–H and O–H groups in total. The number of hydrogen-bond acceptors (Lipinski definition) is 4. The Morgan fingerprint density at radius 1 is 1.45 bits per heavy atom. The van der Waals surface area contributed by atoms with E-state index in [4.69, 9.17) is 9.84 Å². The molecule has 1 aromatic rings. The number of thiophene rings is 1. The van der Waals surface area contributed by atoms with E-state index in [2.05, 4.69) is 17.2 Å². The fourth-order valence-corrected chi connectivity index (χ4v) is 1.90. The van der Waals surface area contributed by atoms with Crippen molar-refractivity contribution in [2.24, 2.45) is 0 Å². The molecule has 0 atom stereocenters. The average Bonchev–Trinajstić information content (AvgIpc) is 2.75. The Morgan fingerprint density at radius 3 is 2.70 bits per heavy atom. The van der Waals surface area contributed by atoms with Crippen LogP contribution in [0.1, 0.15) is 42.4 Å². The maximum absolute atomic E-state index is 11.3. The van der Waals surface area contributed by atoms with Crippen molar-refractivity contribution in [3.05, 3.63) is 21.9 Å². The van der Waals surface area contributed by atoms with E-state index in [1.54, 1.807) is 26.2 Å². The summed E-state index contributed by atoms with van der Waals surface area (Å²) in [5.41, 5.74) is 0.157. The van der Waals surface area contributed by atoms with Gasteiger partial charge >= 0.3 is 12.1 Å². The molecule has 1 rings (SSSR count). The summed E-state index contributed by atoms with van der Waals surface area (Å²) in [7, 11) is 0. The molecule has 1 heterocycles. The highest BCUT2D eigenvalue weighted by Crippen LogP contribution is 2.13. The largest absolute Gasteiger partial charge is 0.477 e. The molecule has 0 radical (unpaired) electrons. The quantitative estimate of drug-likeness (QED) is 0.664. The Kier molecular flexibility index (Phi) is 5.59. The molecule has 0 spiro atoms. The molecule has 0 unspecified atom stereocenters. The van der Waals surface area contributed by atoms with Gasteiger partial charge in [0.2, 0.25) is 0 Å². The molecule has 0 aliphatic rings. The molecule has 20 heavy (non-hydrogen) atoms. The number of carboxylic acid groups (broad SMARTS) is 1. The predicted molar refractivity (Wildman–Crippen MR) is 77.0 cm³/mol. The Balaban J connectivity index is 2.33. The molecule has 1 amide bonds. The van der Waals surface area contributed by atoms with Gasteiger partial charge in [-0.3, -0.25) is 0 Å². The lowest BCUT2D eigenvalue weighted by molar-refractivity contribution is 0.0528. The second-order valence-corrected chi connectivity index (χ2v) is 5.90. The Hall–Kier alpha value is -2.00. The summed E-state index contributed by atoms with van der Waals surface area (Å²) >= 11 is 1.14. The van der Waals surface area contributed by atoms with E-state index in [9.17, 15) is 9.59 Å². The second-order valence-electron chi connectivity index (χ2n) is 4.99. The zero-order valence-corrected chi connectivity index (χ0v) is 12.5. The second kappa shape index (κ2) is 6.96. The Morgan fingerprint density at radius 2 is 2.15 bits per heavy atom. The normalized spacial score (nSPS) is 10.3. The number of carbonyl (C=O) groups is 2. The number of hydrogen-bond donors (Lipinski definition) is 2. The van der Waals surface area contributed by atoms with Crippen molar-refractivity contribution in [3.63, 3.8) is 0 Å². The first kappa shape index (κ1) is 16.1. The van der Waals surface area contributed by atoms with Crippen molar-refractivity contribution in [1.82, 2.24) is 5.32 Å². The molecule has 6 heteroatoms. The van der Waals surface area contributed by atoms with E-state index in [0.717, 1.165) is 11.3 Å². The van der Waals surface area contributed by atoms with Gasteiger partial charge < -0.3 is 15.2 Å². The number of amides is 1. The standard InChI is InChI=1S/C14H17NO4S/c1-14(2,3)19-13(18)15-7-5-4-6-10-8-11(12(16)17)20-9-10/h8-9H,5,7H2,1-3H3,(H,15,18)(H,16,17). The van der Waals surface area contributed by atoms with E-state index in [0.29, 0.717) is 18.5 Å². The van der Waals surface area contributed by atoms with Crippen LogP contribution in [0, 0.1) is 11.8 Å². The first-order valence-electron chi connectivity index (χ1n) is 6.05. The van der Waals surface area contributed by atoms with Gasteiger partial charge in [0.1, 0.15) is 10.5 Å². The van der Waals surface area contributed by atoms with Crippen molar-refractivity contribution in [2.45, 2.75) is 32.8 Å². The van der Waals surface area contributed by atoms with Crippen LogP contribution in [0.25, 0.3) is 0 Å². The number of aromatic carboxylic acids is 1. The average molecular weight is 295 g/mol. The number of ether oxygens (including phenoxy) is 1. The van der Waals surface area contributed by atoms with Crippen LogP contribution in [0.4, 0.5) is 4.79 Å². The lowest BCUT2D eigenvalue weighted by Gasteiger charge is -2.19. The number of carbonyl (C=O) groups excluding carboxylic acids is 1. The highest BCUT2D eigenvalue weighted by Gasteiger charge is 2.15. The summed E-state index contributed by atoms with van der Waals surface area (Å²) in [5, 5.41) is 13.0. The maximum atomic E-state index is 11.3. The lowest BCUT2D eigenvalue weighted by Crippen LogP contribution is -2.32. The van der Waals surface area contributed by atoms with Crippen LogP contribution in [-0.2, 0) is 4.74 Å². The molecule has 0 aliphatic heterocycles. The minimum absolute atomic E-state index is 0.265. The third kappa shape index (κ3) is 6.25. The summed E-state index contributed by atoms with van der Waals surface area (Å²) in [6.07, 6.45) is 0.000289. The van der Waals surface area contributed by atoms with E-state index >= 15 is 0 Å². The fourth-order valence-electron chi connectivity index (χ4n) is 1.22. The first-order valence-corrected chi connectivity index (χ1v) is 6.93. The van der Waals surface area contributed by atoms with Crippen molar-refractivity contribution >= 4 is 23.4 Å². The third-order valence-electron chi connectivity index (χ3n) is 1.96. The van der Waals surface area contributed by atoms with Gasteiger partial charge in [-0.15, -0.1) is 11.3 Å². The molecule has 0 saturated heterocycles. The molecule has 0 aliphatic carbocycles. The van der Waals surface area contributed by atoms with Gasteiger partial charge in [0, 0.05) is 23.9 Å². The highest BCUT2D eigenvalue weighted by atomic mass is 32.1. The Labute approximate surface area is 122 Å². The third-order valence-corrected chi connectivity index (χ3v) is 2.88. The van der Waals surface area contributed by atoms with Gasteiger partial charge in [-0.2, -0.15) is 0 Å². The molecule has 5 nitrogen and oxygen atoms in total. The maximum Gasteiger partial charge on any atom is 0.407 e. The number of nitrogens with one attached hydrogen (secondary N) is 1. The van der Waals surface area contributed by atoms with Crippen molar-refractivity contribution < 1.29 is 19.4 Å². The topological polar surface area (TPSA) is 75.6 Å². The van der Waals surface area contributed by atoms with Gasteiger partial charge in [-0.1, -0.05) is 11.8 Å². The summed E-state index contributed by atoms with van der Waals surface area (Å²) in [6, 6.07) is 1.53. The van der Waals surface area contributed by atoms with Crippen LogP contribution in [0.5, 0.6) is 0 Å². The molecule has 0 bridgehead atoms. The lowest BCUT2D eigenvalue weighted by atomic mass is 10.2. The minimum atomic E-state index is -0.949. The zero-order chi connectivity index (χ0) is 15.2. The van der Waals surface area contributed by atoms with E-state index < -0.39 is 17.7 Å². The van der Waals surface area contributed by atoms with Gasteiger partial charge in [0.25, 0.3) is 0 Å². The SMILES string of the molecule is CC(C)(C)OC(=O)NCCC#Cc1csc(C(=O)O)c1. The number of rotatable bonds is 3. The van der Waals surface area contributed by atoms with Crippen LogP contribution in [0.2, 0.25) is 0 Å². The molecule has 108 valence electrons. The minimum Gasteiger partial charge on any atom is -0.477 e. The smallest absolute Gasteiger partial charge is 0.407 e. The van der Waals surface area contributed by atoms with Crippen LogP contribution < -0.4 is 5.32 Å². The number of alkyl carbamates (subject to hydrolysis) is 1. The summed E-state index contributed by atoms with van der Waals surface area (Å²) in [4.78, 5) is 22.3. The molecular weight excluding hydrogens is 278 g/mol. The van der Waals surface area contributed by atoms with Crippen molar-refractivity contribution in [2.75, 3.05) is 6.54 Å². The summed E-state index contributed by atoms with van der Waals surface area (Å²) in [5.74, 6) is 4.76. The van der Waals surface area contributed by atoms with Crippen LogP contribution in [0.15, 0.2) is 11.4 Å². The van der Waals surface area contributed by atoms with Crippen LogP contribution in [0.3, 0.4) is 0 Å². The summed E-state index contributed by atoms with van der Waals surface area (Å²) < 4.78 is 5.07. The van der Waals surface area contributed by atoms with Gasteiger partial charge in [0.15, 0.2) is 0 Å². The van der Waals surface area contributed by atoms with Gasteiger partial charge in [-0.25, -0.2) is 9.59 Å². The Bertz CT molecular complexity index is 546. The first-order chi connectivity index (χ1) is 9.28. The molecule has 0 fully saturated rings. The molecule has 0 aromatic carbocycles. The molecular formula is C14H17NO4S. The van der Waals surface area contributed by atoms with Crippen molar-refractivity contribution in [3.8, 4) is 11.8 Å². The van der Waals surface area contributed by atoms with Crippen LogP contribution in [-0.4, -0.2) is 29.3 Å². The molecule has 1 aromatic heterocycles. The van der Waals surface area contributed by atoms with E-state index in [1.165, 1.54) is 6.07 Å². The van der Waals surface area contributed by atoms with Crippen molar-refractivity contribution in [1.29, 1.82) is 0 Å². The van der Waals surface area contributed by atoms with Gasteiger partial charge in [0.05, 0.1) is 0 Å². The van der Waals surface area contributed by atoms with E-state index in [-0.39, 0.29) is 4.88 Å². The zero-order valence-electron chi connectivity index (χ0n) is 11.6. The molecule has 0 saturated carbocycles. The predicted octanol–water partition coefficient (Wildman–Crippen LogP) is 2.71. The van der Waals surface area contributed by atoms with E-state index in [1.807, 2.05) is 0 Å². The fraction of sp³-hybridized carbons (Fsp3) is 0.429. The summed E-state index contributed by atoms with van der Waals surface area (Å²) in [6.45, 7) is 5.77. The monoisotopic (exact) mass is 295 g/mol. The highest BCUT2D eigenvalue weighted by molar-refractivity contribution is 7.12. The number of carboxylic acids is 1.